The van der Waals surface area contributed by atoms with Crippen molar-refractivity contribution in [3.8, 4) is 0 Å². The van der Waals surface area contributed by atoms with Gasteiger partial charge in [0.05, 0.1) is 0 Å². The molecule has 0 saturated heterocycles. The first-order valence-electron chi connectivity index (χ1n) is 6.26. The van der Waals surface area contributed by atoms with Crippen molar-refractivity contribution < 1.29 is 0 Å². The number of hydrogen-bond donors (Lipinski definition) is 0. The molecule has 0 aliphatic heterocycles. The van der Waals surface area contributed by atoms with Crippen LogP contribution in [-0.2, 0) is 0 Å². The minimum Gasteiger partial charge on any atom is -0.0884 e. The van der Waals surface area contributed by atoms with Crippen molar-refractivity contribution in [3.05, 3.63) is 23.8 Å². The molecule has 4 unspecified atom stereocenters. The molecule has 0 spiro atoms. The van der Waals surface area contributed by atoms with Crippen LogP contribution in [-0.4, -0.2) is 0 Å². The summed E-state index contributed by atoms with van der Waals surface area (Å²) in [7, 11) is 0. The van der Waals surface area contributed by atoms with Crippen LogP contribution >= 0.6 is 0 Å². The molecule has 0 heterocycles. The number of rotatable bonds is 1. The van der Waals surface area contributed by atoms with Gasteiger partial charge < -0.3 is 0 Å². The van der Waals surface area contributed by atoms with Crippen LogP contribution in [0, 0.1) is 29.1 Å². The Morgan fingerprint density at radius 1 is 1.20 bits per heavy atom. The maximum Gasteiger partial charge on any atom is -0.0104 e. The average molecular weight is 204 g/mol. The third-order valence-electron chi connectivity index (χ3n) is 4.44. The zero-order chi connectivity index (χ0) is 11.2. The van der Waals surface area contributed by atoms with Gasteiger partial charge in [-0.3, -0.25) is 0 Å². The lowest BCUT2D eigenvalue weighted by Gasteiger charge is -2.38. The molecule has 2 rings (SSSR count). The molecule has 1 saturated carbocycles. The maximum absolute atomic E-state index is 2.47. The molecule has 0 radical (unpaired) electrons. The molecule has 2 aliphatic rings. The lowest BCUT2D eigenvalue weighted by Crippen LogP contribution is -2.32. The molecule has 0 aromatic heterocycles. The van der Waals surface area contributed by atoms with Gasteiger partial charge >= 0.3 is 0 Å². The van der Waals surface area contributed by atoms with Crippen LogP contribution < -0.4 is 0 Å². The molecule has 84 valence electrons. The third-order valence-corrected chi connectivity index (χ3v) is 4.44. The molecule has 0 N–H and O–H groups in total. The van der Waals surface area contributed by atoms with Crippen LogP contribution in [0.2, 0.25) is 0 Å². The fraction of sp³-hybridized carbons (Fsp3) is 0.733. The van der Waals surface area contributed by atoms with E-state index in [2.05, 4.69) is 52.8 Å². The molecule has 2 aliphatic carbocycles. The molecule has 1 fully saturated rings. The van der Waals surface area contributed by atoms with Crippen LogP contribution in [0.25, 0.3) is 0 Å². The number of allylic oxidation sites excluding steroid dienone is 4. The fourth-order valence-electron chi connectivity index (χ4n) is 3.82. The second-order valence-electron chi connectivity index (χ2n) is 6.40. The Morgan fingerprint density at radius 3 is 2.33 bits per heavy atom. The highest BCUT2D eigenvalue weighted by atomic mass is 14.5. The van der Waals surface area contributed by atoms with Crippen molar-refractivity contribution in [1.82, 2.24) is 0 Å². The summed E-state index contributed by atoms with van der Waals surface area (Å²) in [5.41, 5.74) is 2.05. The number of hydrogen-bond acceptors (Lipinski definition) is 0. The van der Waals surface area contributed by atoms with Gasteiger partial charge in [0.25, 0.3) is 0 Å². The molecular weight excluding hydrogens is 180 g/mol. The van der Waals surface area contributed by atoms with E-state index in [4.69, 9.17) is 0 Å². The Labute approximate surface area is 94.5 Å². The highest BCUT2D eigenvalue weighted by molar-refractivity contribution is 5.23. The van der Waals surface area contributed by atoms with E-state index in [9.17, 15) is 0 Å². The minimum absolute atomic E-state index is 0.444. The summed E-state index contributed by atoms with van der Waals surface area (Å²) in [6, 6.07) is 0. The summed E-state index contributed by atoms with van der Waals surface area (Å²) in [6.45, 7) is 11.7. The molecule has 0 aromatic carbocycles. The van der Waals surface area contributed by atoms with Crippen LogP contribution in [0.15, 0.2) is 23.8 Å². The van der Waals surface area contributed by atoms with E-state index >= 15 is 0 Å². The largest absolute Gasteiger partial charge is 0.0884 e. The van der Waals surface area contributed by atoms with Gasteiger partial charge in [0.2, 0.25) is 0 Å². The van der Waals surface area contributed by atoms with Gasteiger partial charge in [-0.15, -0.1) is 0 Å². The molecule has 4 atom stereocenters. The maximum atomic E-state index is 2.47. The van der Waals surface area contributed by atoms with Gasteiger partial charge in [0.1, 0.15) is 0 Å². The second kappa shape index (κ2) is 3.50. The highest BCUT2D eigenvalue weighted by Gasteiger charge is 2.49. The molecule has 0 heteroatoms. The quantitative estimate of drug-likeness (QED) is 0.554. The van der Waals surface area contributed by atoms with Gasteiger partial charge in [-0.1, -0.05) is 44.6 Å². The van der Waals surface area contributed by atoms with Crippen molar-refractivity contribution in [3.63, 3.8) is 0 Å². The number of fused-ring (bicyclic) bond motifs is 2. The first-order chi connectivity index (χ1) is 6.95. The van der Waals surface area contributed by atoms with E-state index in [1.165, 1.54) is 6.42 Å². The topological polar surface area (TPSA) is 0 Å². The van der Waals surface area contributed by atoms with Gasteiger partial charge in [0, 0.05) is 0 Å². The first-order valence-corrected chi connectivity index (χ1v) is 6.26. The Morgan fingerprint density at radius 2 is 1.80 bits per heavy atom. The molecule has 15 heavy (non-hydrogen) atoms. The van der Waals surface area contributed by atoms with Gasteiger partial charge in [-0.2, -0.15) is 0 Å². The lowest BCUT2D eigenvalue weighted by molar-refractivity contribution is 0.162. The van der Waals surface area contributed by atoms with Crippen molar-refractivity contribution in [2.75, 3.05) is 0 Å². The molecule has 0 nitrogen and oxygen atoms in total. The summed E-state index contributed by atoms with van der Waals surface area (Å²) in [6.07, 6.45) is 8.65. The van der Waals surface area contributed by atoms with Crippen molar-refractivity contribution >= 4 is 0 Å². The summed E-state index contributed by atoms with van der Waals surface area (Å²) in [4.78, 5) is 0. The van der Waals surface area contributed by atoms with Crippen LogP contribution in [0.1, 0.15) is 41.0 Å². The van der Waals surface area contributed by atoms with E-state index < -0.39 is 0 Å². The monoisotopic (exact) mass is 204 g/mol. The average Bonchev–Trinajstić information content (AvgIpc) is 2.73. The van der Waals surface area contributed by atoms with Crippen LogP contribution in [0.5, 0.6) is 0 Å². The Balaban J connectivity index is 2.33. The Hall–Kier alpha value is -0.520. The van der Waals surface area contributed by atoms with E-state index in [-0.39, 0.29) is 0 Å². The predicted octanol–water partition coefficient (Wildman–Crippen LogP) is 4.44. The lowest BCUT2D eigenvalue weighted by atomic mass is 9.66. The summed E-state index contributed by atoms with van der Waals surface area (Å²) in [5, 5.41) is 0. The van der Waals surface area contributed by atoms with E-state index in [0.717, 1.165) is 23.7 Å². The summed E-state index contributed by atoms with van der Waals surface area (Å²) >= 11 is 0. The predicted molar refractivity (Wildman–Crippen MR) is 66.6 cm³/mol. The van der Waals surface area contributed by atoms with E-state index in [0.29, 0.717) is 5.41 Å². The Bertz CT molecular complexity index is 300. The third kappa shape index (κ3) is 1.68. The smallest absolute Gasteiger partial charge is 0.0104 e. The van der Waals surface area contributed by atoms with Crippen molar-refractivity contribution in [1.29, 1.82) is 0 Å². The van der Waals surface area contributed by atoms with Gasteiger partial charge in [-0.25, -0.2) is 0 Å². The molecular formula is C15H24. The van der Waals surface area contributed by atoms with E-state index in [1.807, 2.05) is 0 Å². The van der Waals surface area contributed by atoms with Crippen molar-refractivity contribution in [2.45, 2.75) is 41.0 Å². The van der Waals surface area contributed by atoms with Crippen LogP contribution in [0.4, 0.5) is 0 Å². The minimum atomic E-state index is 0.444. The second-order valence-corrected chi connectivity index (χ2v) is 6.40. The first kappa shape index (κ1) is 11.0. The van der Waals surface area contributed by atoms with E-state index in [1.54, 1.807) is 5.57 Å². The standard InChI is InChI=1S/C15H24/c1-6-10(2)13-11-7-8-12(9-11)14(13)15(3,4)5/h6-8,11-14H,9H2,1-5H3. The summed E-state index contributed by atoms with van der Waals surface area (Å²) in [5.74, 6) is 3.33. The van der Waals surface area contributed by atoms with Gasteiger partial charge in [0.15, 0.2) is 0 Å². The van der Waals surface area contributed by atoms with Crippen molar-refractivity contribution in [2.24, 2.45) is 29.1 Å². The zero-order valence-electron chi connectivity index (χ0n) is 10.7. The summed E-state index contributed by atoms with van der Waals surface area (Å²) < 4.78 is 0. The molecule has 0 amide bonds. The molecule has 0 aromatic rings. The van der Waals surface area contributed by atoms with Crippen LogP contribution in [0.3, 0.4) is 0 Å². The van der Waals surface area contributed by atoms with Gasteiger partial charge in [-0.05, 0) is 49.4 Å². The zero-order valence-corrected chi connectivity index (χ0v) is 10.7. The highest BCUT2D eigenvalue weighted by Crippen LogP contribution is 2.56. The SMILES string of the molecule is CC=C(C)C1C2C=CC(C2)C1C(C)(C)C. The normalized spacial score (nSPS) is 40.2. The molecule has 2 bridgehead atoms. The Kier molecular flexibility index (Phi) is 2.56. The fourth-order valence-corrected chi connectivity index (χ4v) is 3.82.